The molecule has 0 aromatic carbocycles. The molecule has 0 bridgehead atoms. The fourth-order valence-electron chi connectivity index (χ4n) is 1.51. The van der Waals surface area contributed by atoms with Gasteiger partial charge in [0.1, 0.15) is 0 Å². The van der Waals surface area contributed by atoms with Crippen molar-refractivity contribution < 1.29 is 4.79 Å². The van der Waals surface area contributed by atoms with Gasteiger partial charge >= 0.3 is 6.03 Å². The summed E-state index contributed by atoms with van der Waals surface area (Å²) < 4.78 is 0. The molecular formula is C10H17N3O. The van der Waals surface area contributed by atoms with Gasteiger partial charge in [-0.05, 0) is 31.3 Å². The van der Waals surface area contributed by atoms with Crippen LogP contribution < -0.4 is 11.2 Å². The van der Waals surface area contributed by atoms with E-state index in [1.807, 2.05) is 0 Å². The highest BCUT2D eigenvalue weighted by Gasteiger charge is 1.99. The molecule has 1 aliphatic carbocycles. The van der Waals surface area contributed by atoms with Crippen molar-refractivity contribution in [3.63, 3.8) is 0 Å². The first kappa shape index (κ1) is 10.8. The maximum Gasteiger partial charge on any atom is 0.332 e. The second-order valence-electron chi connectivity index (χ2n) is 3.47. The van der Waals surface area contributed by atoms with E-state index in [2.05, 4.69) is 16.6 Å². The van der Waals surface area contributed by atoms with E-state index in [9.17, 15) is 4.79 Å². The lowest BCUT2D eigenvalue weighted by Crippen LogP contribution is -2.24. The van der Waals surface area contributed by atoms with E-state index in [0.29, 0.717) is 0 Å². The van der Waals surface area contributed by atoms with E-state index in [-0.39, 0.29) is 0 Å². The predicted molar refractivity (Wildman–Crippen MR) is 57.0 cm³/mol. The van der Waals surface area contributed by atoms with Crippen molar-refractivity contribution in [2.75, 3.05) is 0 Å². The van der Waals surface area contributed by atoms with Crippen molar-refractivity contribution in [3.8, 4) is 0 Å². The van der Waals surface area contributed by atoms with E-state index in [1.54, 1.807) is 6.21 Å². The molecule has 0 heterocycles. The lowest BCUT2D eigenvalue weighted by atomic mass is 10.0. The summed E-state index contributed by atoms with van der Waals surface area (Å²) in [5.41, 5.74) is 8.27. The van der Waals surface area contributed by atoms with Crippen LogP contribution in [0.4, 0.5) is 4.79 Å². The first-order valence-corrected chi connectivity index (χ1v) is 5.06. The van der Waals surface area contributed by atoms with Crippen LogP contribution in [0, 0.1) is 0 Å². The van der Waals surface area contributed by atoms with Crippen LogP contribution in [-0.4, -0.2) is 12.2 Å². The van der Waals surface area contributed by atoms with Crippen LogP contribution in [-0.2, 0) is 0 Å². The average Bonchev–Trinajstić information content (AvgIpc) is 2.07. The Kier molecular flexibility index (Phi) is 4.75. The molecule has 1 rings (SSSR count). The Hall–Kier alpha value is -1.32. The molecule has 2 amide bonds. The summed E-state index contributed by atoms with van der Waals surface area (Å²) >= 11 is 0. The third-order valence-corrected chi connectivity index (χ3v) is 2.23. The molecule has 0 aliphatic heterocycles. The van der Waals surface area contributed by atoms with Crippen LogP contribution in [0.2, 0.25) is 0 Å². The highest BCUT2D eigenvalue weighted by atomic mass is 16.2. The lowest BCUT2D eigenvalue weighted by molar-refractivity contribution is 0.249. The van der Waals surface area contributed by atoms with Gasteiger partial charge in [0.2, 0.25) is 0 Å². The van der Waals surface area contributed by atoms with E-state index in [4.69, 9.17) is 5.73 Å². The second-order valence-corrected chi connectivity index (χ2v) is 3.47. The number of nitrogens with one attached hydrogen (secondary N) is 1. The number of allylic oxidation sites excluding steroid dienone is 2. The third-order valence-electron chi connectivity index (χ3n) is 2.23. The molecule has 0 aromatic heterocycles. The number of hydrogen-bond donors (Lipinski definition) is 2. The summed E-state index contributed by atoms with van der Waals surface area (Å²) in [5.74, 6) is 0. The Labute approximate surface area is 84.2 Å². The first-order chi connectivity index (χ1) is 6.79. The fraction of sp³-hybridized carbons (Fsp3) is 0.600. The van der Waals surface area contributed by atoms with Crippen molar-refractivity contribution in [2.24, 2.45) is 10.8 Å². The molecule has 0 unspecified atom stereocenters. The van der Waals surface area contributed by atoms with Crippen LogP contribution in [0.25, 0.3) is 0 Å². The molecule has 78 valence electrons. The molecule has 0 spiro atoms. The number of nitrogens with two attached hydrogens (primary N) is 1. The first-order valence-electron chi connectivity index (χ1n) is 5.06. The Morgan fingerprint density at radius 1 is 1.43 bits per heavy atom. The van der Waals surface area contributed by atoms with E-state index >= 15 is 0 Å². The summed E-state index contributed by atoms with van der Waals surface area (Å²) in [6.45, 7) is 0. The largest absolute Gasteiger partial charge is 0.350 e. The summed E-state index contributed by atoms with van der Waals surface area (Å²) in [5, 5.41) is 3.75. The van der Waals surface area contributed by atoms with Crippen molar-refractivity contribution >= 4 is 12.2 Å². The molecule has 14 heavy (non-hydrogen) atoms. The van der Waals surface area contributed by atoms with E-state index in [1.165, 1.54) is 31.3 Å². The Balaban J connectivity index is 2.39. The number of hydrazone groups is 1. The number of carbonyl (C=O) groups is 1. The van der Waals surface area contributed by atoms with Gasteiger partial charge in [0.15, 0.2) is 0 Å². The SMILES string of the molecule is NC(=O)NN=C/C1=C/CCCCCC1. The lowest BCUT2D eigenvalue weighted by Gasteiger charge is -2.06. The van der Waals surface area contributed by atoms with Crippen LogP contribution >= 0.6 is 0 Å². The number of urea groups is 1. The van der Waals surface area contributed by atoms with Crippen molar-refractivity contribution in [2.45, 2.75) is 38.5 Å². The minimum absolute atomic E-state index is 0.618. The fourth-order valence-corrected chi connectivity index (χ4v) is 1.51. The van der Waals surface area contributed by atoms with Crippen molar-refractivity contribution in [3.05, 3.63) is 11.6 Å². The Morgan fingerprint density at radius 3 is 3.00 bits per heavy atom. The highest BCUT2D eigenvalue weighted by Crippen LogP contribution is 2.15. The van der Waals surface area contributed by atoms with Gasteiger partial charge in [0, 0.05) is 0 Å². The van der Waals surface area contributed by atoms with Gasteiger partial charge in [0.25, 0.3) is 0 Å². The number of primary amides is 1. The van der Waals surface area contributed by atoms with Gasteiger partial charge < -0.3 is 5.73 Å². The molecule has 0 atom stereocenters. The molecule has 3 N–H and O–H groups in total. The number of amides is 2. The smallest absolute Gasteiger partial charge is 0.332 e. The monoisotopic (exact) mass is 195 g/mol. The average molecular weight is 195 g/mol. The second kappa shape index (κ2) is 6.18. The zero-order valence-electron chi connectivity index (χ0n) is 8.33. The van der Waals surface area contributed by atoms with Gasteiger partial charge in [0.05, 0.1) is 6.21 Å². The Morgan fingerprint density at radius 2 is 2.21 bits per heavy atom. The van der Waals surface area contributed by atoms with Gasteiger partial charge in [-0.15, -0.1) is 0 Å². The summed E-state index contributed by atoms with van der Waals surface area (Å²) in [4.78, 5) is 10.3. The third kappa shape index (κ3) is 4.64. The Bertz CT molecular complexity index is 246. The predicted octanol–water partition coefficient (Wildman–Crippen LogP) is 1.92. The van der Waals surface area contributed by atoms with E-state index < -0.39 is 6.03 Å². The topological polar surface area (TPSA) is 67.5 Å². The molecule has 1 aliphatic rings. The quantitative estimate of drug-likeness (QED) is 0.513. The molecular weight excluding hydrogens is 178 g/mol. The summed E-state index contributed by atoms with van der Waals surface area (Å²) in [6.07, 6.45) is 11.1. The molecule has 4 nitrogen and oxygen atoms in total. The molecule has 0 radical (unpaired) electrons. The summed E-state index contributed by atoms with van der Waals surface area (Å²) in [7, 11) is 0. The minimum atomic E-state index is -0.618. The van der Waals surface area contributed by atoms with Gasteiger partial charge in [-0.3, -0.25) is 0 Å². The molecule has 4 heteroatoms. The van der Waals surface area contributed by atoms with Gasteiger partial charge in [-0.2, -0.15) is 5.10 Å². The number of carbonyl (C=O) groups excluding carboxylic acids is 1. The molecule has 0 aromatic rings. The maximum atomic E-state index is 10.3. The van der Waals surface area contributed by atoms with Crippen LogP contribution in [0.1, 0.15) is 38.5 Å². The summed E-state index contributed by atoms with van der Waals surface area (Å²) in [6, 6.07) is -0.618. The number of nitrogens with zero attached hydrogens (tertiary/aromatic N) is 1. The standard InChI is InChI=1S/C10H17N3O/c11-10(14)13-12-8-9-6-4-2-1-3-5-7-9/h6,8H,1-5,7H2,(H3,11,13,14)/b9-6+,12-8?. The van der Waals surface area contributed by atoms with Gasteiger partial charge in [-0.1, -0.05) is 18.9 Å². The number of rotatable bonds is 2. The molecule has 0 saturated carbocycles. The zero-order valence-corrected chi connectivity index (χ0v) is 8.33. The minimum Gasteiger partial charge on any atom is -0.350 e. The molecule has 0 saturated heterocycles. The maximum absolute atomic E-state index is 10.3. The number of hydrogen-bond acceptors (Lipinski definition) is 2. The van der Waals surface area contributed by atoms with Crippen LogP contribution in [0.15, 0.2) is 16.8 Å². The van der Waals surface area contributed by atoms with Crippen molar-refractivity contribution in [1.29, 1.82) is 0 Å². The zero-order chi connectivity index (χ0) is 10.2. The van der Waals surface area contributed by atoms with E-state index in [0.717, 1.165) is 12.8 Å². The van der Waals surface area contributed by atoms with Crippen molar-refractivity contribution in [1.82, 2.24) is 5.43 Å². The van der Waals surface area contributed by atoms with Gasteiger partial charge in [-0.25, -0.2) is 10.2 Å². The highest BCUT2D eigenvalue weighted by molar-refractivity contribution is 5.80. The van der Waals surface area contributed by atoms with Crippen LogP contribution in [0.3, 0.4) is 0 Å². The normalized spacial score (nSPS) is 22.1. The molecule has 0 fully saturated rings. The van der Waals surface area contributed by atoms with Crippen LogP contribution in [0.5, 0.6) is 0 Å².